The lowest BCUT2D eigenvalue weighted by molar-refractivity contribution is 0.0450. The molecule has 0 fully saturated rings. The Morgan fingerprint density at radius 1 is 1.10 bits per heavy atom. The number of benzene rings is 2. The van der Waals surface area contributed by atoms with Crippen LogP contribution >= 0.6 is 0 Å². The summed E-state index contributed by atoms with van der Waals surface area (Å²) in [5.41, 5.74) is 2.59. The van der Waals surface area contributed by atoms with Crippen molar-refractivity contribution < 1.29 is 14.6 Å². The SMILES string of the molecule is Cc1ccc(C(=O)OCC(CO)c2ccccc2)cc1. The van der Waals surface area contributed by atoms with E-state index in [4.69, 9.17) is 4.74 Å². The minimum absolute atomic E-state index is 0.0504. The molecule has 1 unspecified atom stereocenters. The Morgan fingerprint density at radius 3 is 2.35 bits per heavy atom. The molecule has 0 saturated heterocycles. The molecule has 0 radical (unpaired) electrons. The molecule has 0 bridgehead atoms. The van der Waals surface area contributed by atoms with Gasteiger partial charge in [-0.25, -0.2) is 4.79 Å². The van der Waals surface area contributed by atoms with Gasteiger partial charge in [0.1, 0.15) is 6.61 Å². The average Bonchev–Trinajstić information content (AvgIpc) is 2.49. The summed E-state index contributed by atoms with van der Waals surface area (Å²) in [4.78, 5) is 11.9. The predicted molar refractivity (Wildman–Crippen MR) is 77.7 cm³/mol. The van der Waals surface area contributed by atoms with Crippen molar-refractivity contribution >= 4 is 5.97 Å². The van der Waals surface area contributed by atoms with Crippen LogP contribution in [0.1, 0.15) is 27.4 Å². The Labute approximate surface area is 118 Å². The highest BCUT2D eigenvalue weighted by Gasteiger charge is 2.14. The predicted octanol–water partition coefficient (Wildman–Crippen LogP) is 2.93. The molecule has 0 aromatic heterocycles. The van der Waals surface area contributed by atoms with E-state index >= 15 is 0 Å². The monoisotopic (exact) mass is 270 g/mol. The summed E-state index contributed by atoms with van der Waals surface area (Å²) in [6, 6.07) is 16.8. The molecule has 0 heterocycles. The van der Waals surface area contributed by atoms with Crippen LogP contribution < -0.4 is 0 Å². The van der Waals surface area contributed by atoms with Gasteiger partial charge in [0, 0.05) is 5.92 Å². The van der Waals surface area contributed by atoms with E-state index in [2.05, 4.69) is 0 Å². The van der Waals surface area contributed by atoms with Gasteiger partial charge >= 0.3 is 5.97 Å². The van der Waals surface area contributed by atoms with Crippen molar-refractivity contribution in [3.8, 4) is 0 Å². The number of aliphatic hydroxyl groups is 1. The lowest BCUT2D eigenvalue weighted by atomic mass is 10.0. The van der Waals surface area contributed by atoms with Crippen LogP contribution in [0.4, 0.5) is 0 Å². The largest absolute Gasteiger partial charge is 0.461 e. The van der Waals surface area contributed by atoms with Crippen LogP contribution in [0.3, 0.4) is 0 Å². The van der Waals surface area contributed by atoms with E-state index in [1.54, 1.807) is 12.1 Å². The molecule has 0 saturated carbocycles. The molecule has 1 atom stereocenters. The van der Waals surface area contributed by atoms with Gasteiger partial charge < -0.3 is 9.84 Å². The number of aliphatic hydroxyl groups excluding tert-OH is 1. The van der Waals surface area contributed by atoms with Gasteiger partial charge in [-0.2, -0.15) is 0 Å². The van der Waals surface area contributed by atoms with Gasteiger partial charge in [0.05, 0.1) is 12.2 Å². The Bertz CT molecular complexity index is 546. The number of hydrogen-bond acceptors (Lipinski definition) is 3. The first-order valence-corrected chi connectivity index (χ1v) is 6.60. The second-order valence-electron chi connectivity index (χ2n) is 4.75. The number of carbonyl (C=O) groups is 1. The maximum Gasteiger partial charge on any atom is 0.338 e. The zero-order valence-electron chi connectivity index (χ0n) is 11.5. The third-order valence-corrected chi connectivity index (χ3v) is 3.19. The molecule has 0 aliphatic heterocycles. The summed E-state index contributed by atoms with van der Waals surface area (Å²) < 4.78 is 5.28. The highest BCUT2D eigenvalue weighted by atomic mass is 16.5. The van der Waals surface area contributed by atoms with E-state index in [0.717, 1.165) is 11.1 Å². The van der Waals surface area contributed by atoms with E-state index in [9.17, 15) is 9.90 Å². The maximum absolute atomic E-state index is 11.9. The molecule has 104 valence electrons. The van der Waals surface area contributed by atoms with Crippen LogP contribution in [0.5, 0.6) is 0 Å². The van der Waals surface area contributed by atoms with Crippen LogP contribution in [-0.2, 0) is 4.74 Å². The van der Waals surface area contributed by atoms with Gasteiger partial charge in [0.15, 0.2) is 0 Å². The van der Waals surface area contributed by atoms with Gasteiger partial charge in [-0.1, -0.05) is 48.0 Å². The van der Waals surface area contributed by atoms with Gasteiger partial charge in [-0.3, -0.25) is 0 Å². The van der Waals surface area contributed by atoms with Crippen LogP contribution in [0, 0.1) is 6.92 Å². The summed E-state index contributed by atoms with van der Waals surface area (Å²) in [5, 5.41) is 9.41. The standard InChI is InChI=1S/C17H18O3/c1-13-7-9-15(10-8-13)17(19)20-12-16(11-18)14-5-3-2-4-6-14/h2-10,16,18H,11-12H2,1H3. The fourth-order valence-electron chi connectivity index (χ4n) is 1.93. The molecular formula is C17H18O3. The molecule has 20 heavy (non-hydrogen) atoms. The summed E-state index contributed by atoms with van der Waals surface area (Å²) >= 11 is 0. The van der Waals surface area contributed by atoms with Crippen molar-refractivity contribution in [2.45, 2.75) is 12.8 Å². The van der Waals surface area contributed by atoms with Gasteiger partial charge in [-0.05, 0) is 24.6 Å². The average molecular weight is 270 g/mol. The highest BCUT2D eigenvalue weighted by Crippen LogP contribution is 2.16. The fourth-order valence-corrected chi connectivity index (χ4v) is 1.93. The number of ether oxygens (including phenoxy) is 1. The molecular weight excluding hydrogens is 252 g/mol. The summed E-state index contributed by atoms with van der Waals surface area (Å²) in [6.07, 6.45) is 0. The summed E-state index contributed by atoms with van der Waals surface area (Å²) in [5.74, 6) is -0.551. The zero-order valence-corrected chi connectivity index (χ0v) is 11.5. The van der Waals surface area contributed by atoms with E-state index in [1.807, 2.05) is 49.4 Å². The Balaban J connectivity index is 1.96. The van der Waals surface area contributed by atoms with Crippen molar-refractivity contribution in [3.63, 3.8) is 0 Å². The van der Waals surface area contributed by atoms with Crippen molar-refractivity contribution in [2.75, 3.05) is 13.2 Å². The summed E-state index contributed by atoms with van der Waals surface area (Å²) in [6.45, 7) is 2.09. The van der Waals surface area contributed by atoms with Crippen LogP contribution in [0.2, 0.25) is 0 Å². The van der Waals surface area contributed by atoms with Gasteiger partial charge in [0.25, 0.3) is 0 Å². The molecule has 1 N–H and O–H groups in total. The highest BCUT2D eigenvalue weighted by molar-refractivity contribution is 5.89. The number of aryl methyl sites for hydroxylation is 1. The molecule has 0 amide bonds. The first-order valence-electron chi connectivity index (χ1n) is 6.60. The fraction of sp³-hybridized carbons (Fsp3) is 0.235. The third-order valence-electron chi connectivity index (χ3n) is 3.19. The van der Waals surface area contributed by atoms with E-state index < -0.39 is 0 Å². The molecule has 2 aromatic rings. The van der Waals surface area contributed by atoms with Crippen molar-refractivity contribution in [2.24, 2.45) is 0 Å². The number of carbonyl (C=O) groups excluding carboxylic acids is 1. The van der Waals surface area contributed by atoms with E-state index in [0.29, 0.717) is 5.56 Å². The smallest absolute Gasteiger partial charge is 0.338 e. The minimum Gasteiger partial charge on any atom is -0.461 e. The molecule has 2 aromatic carbocycles. The van der Waals surface area contributed by atoms with Crippen molar-refractivity contribution in [3.05, 3.63) is 71.3 Å². The molecule has 0 spiro atoms. The molecule has 0 aliphatic rings. The first kappa shape index (κ1) is 14.3. The van der Waals surface area contributed by atoms with Gasteiger partial charge in [-0.15, -0.1) is 0 Å². The minimum atomic E-state index is -0.362. The van der Waals surface area contributed by atoms with E-state index in [-0.39, 0.29) is 25.1 Å². The van der Waals surface area contributed by atoms with Crippen LogP contribution in [0.25, 0.3) is 0 Å². The molecule has 3 nitrogen and oxygen atoms in total. The number of esters is 1. The normalized spacial score (nSPS) is 11.9. The molecule has 2 rings (SSSR count). The Hall–Kier alpha value is -2.13. The second-order valence-corrected chi connectivity index (χ2v) is 4.75. The lowest BCUT2D eigenvalue weighted by Gasteiger charge is -2.14. The summed E-state index contributed by atoms with van der Waals surface area (Å²) in [7, 11) is 0. The number of hydrogen-bond donors (Lipinski definition) is 1. The third kappa shape index (κ3) is 3.68. The van der Waals surface area contributed by atoms with E-state index in [1.165, 1.54) is 0 Å². The topological polar surface area (TPSA) is 46.5 Å². The quantitative estimate of drug-likeness (QED) is 0.850. The maximum atomic E-state index is 11.9. The Kier molecular flexibility index (Phi) is 4.91. The first-order chi connectivity index (χ1) is 9.70. The van der Waals surface area contributed by atoms with Crippen molar-refractivity contribution in [1.82, 2.24) is 0 Å². The lowest BCUT2D eigenvalue weighted by Crippen LogP contribution is -2.16. The zero-order chi connectivity index (χ0) is 14.4. The number of rotatable bonds is 5. The van der Waals surface area contributed by atoms with Crippen molar-refractivity contribution in [1.29, 1.82) is 0 Å². The molecule has 3 heteroatoms. The molecule has 0 aliphatic carbocycles. The van der Waals surface area contributed by atoms with Crippen LogP contribution in [0.15, 0.2) is 54.6 Å². The van der Waals surface area contributed by atoms with Crippen LogP contribution in [-0.4, -0.2) is 24.3 Å². The van der Waals surface area contributed by atoms with Gasteiger partial charge in [0.2, 0.25) is 0 Å². The Morgan fingerprint density at radius 2 is 1.75 bits per heavy atom. The second kappa shape index (κ2) is 6.87.